The van der Waals surface area contributed by atoms with Crippen LogP contribution in [0.5, 0.6) is 5.75 Å². The molecule has 1 aromatic heterocycles. The van der Waals surface area contributed by atoms with E-state index < -0.39 is 5.91 Å². The van der Waals surface area contributed by atoms with Gasteiger partial charge in [0.25, 0.3) is 0 Å². The van der Waals surface area contributed by atoms with Crippen LogP contribution in [0.25, 0.3) is 23.1 Å². The molecule has 2 aromatic carbocycles. The van der Waals surface area contributed by atoms with Crippen LogP contribution in [0, 0.1) is 0 Å². The molecule has 0 aliphatic rings. The molecule has 3 N–H and O–H groups in total. The number of pyridine rings is 1. The molecule has 0 spiro atoms. The Labute approximate surface area is 134 Å². The van der Waals surface area contributed by atoms with Gasteiger partial charge in [-0.1, -0.05) is 24.3 Å². The molecule has 1 heterocycles. The number of nitrogens with two attached hydrogens (primary N) is 1. The Balaban J connectivity index is 2.12. The Morgan fingerprint density at radius 2 is 1.78 bits per heavy atom. The average Bonchev–Trinajstić information content (AvgIpc) is 2.55. The van der Waals surface area contributed by atoms with Gasteiger partial charge in [-0.15, -0.1) is 0 Å². The monoisotopic (exact) mass is 305 g/mol. The first-order chi connectivity index (χ1) is 11.1. The van der Waals surface area contributed by atoms with Crippen LogP contribution in [-0.4, -0.2) is 11.0 Å². The number of carbonyl (C=O) groups is 1. The van der Waals surface area contributed by atoms with E-state index in [1.807, 2.05) is 60.2 Å². The average molecular weight is 305 g/mol. The lowest BCUT2D eigenvalue weighted by Gasteiger charge is -2.04. The molecule has 0 fully saturated rings. The van der Waals surface area contributed by atoms with Crippen LogP contribution in [0.2, 0.25) is 0 Å². The van der Waals surface area contributed by atoms with Crippen molar-refractivity contribution in [2.75, 3.05) is 0 Å². The third kappa shape index (κ3) is 2.92. The molecule has 0 saturated carbocycles. The van der Waals surface area contributed by atoms with E-state index in [1.54, 1.807) is 18.2 Å². The predicted octanol–water partition coefficient (Wildman–Crippen LogP) is 2.64. The Bertz CT molecular complexity index is 913. The number of para-hydroxylation sites is 1. The van der Waals surface area contributed by atoms with Crippen molar-refractivity contribution in [2.24, 2.45) is 12.8 Å². The zero-order chi connectivity index (χ0) is 16.4. The van der Waals surface area contributed by atoms with Gasteiger partial charge in [0.15, 0.2) is 0 Å². The second-order valence-corrected chi connectivity index (χ2v) is 5.35. The summed E-state index contributed by atoms with van der Waals surface area (Å²) in [5.74, 6) is -0.212. The molecule has 0 unspecified atom stereocenters. The normalized spacial score (nSPS) is 11.2. The van der Waals surface area contributed by atoms with Crippen molar-refractivity contribution in [2.45, 2.75) is 0 Å². The number of aromatic nitrogens is 1. The molecule has 114 valence electrons. The highest BCUT2D eigenvalue weighted by Crippen LogP contribution is 2.18. The summed E-state index contributed by atoms with van der Waals surface area (Å²) >= 11 is 0. The van der Waals surface area contributed by atoms with Gasteiger partial charge in [0.1, 0.15) is 12.8 Å². The van der Waals surface area contributed by atoms with E-state index in [0.29, 0.717) is 5.56 Å². The summed E-state index contributed by atoms with van der Waals surface area (Å²) in [4.78, 5) is 11.8. The number of rotatable bonds is 3. The van der Waals surface area contributed by atoms with E-state index in [-0.39, 0.29) is 5.75 Å². The molecule has 1 amide bonds. The lowest BCUT2D eigenvalue weighted by molar-refractivity contribution is -0.646. The predicted molar refractivity (Wildman–Crippen MR) is 90.7 cm³/mol. The minimum absolute atomic E-state index is 0.231. The van der Waals surface area contributed by atoms with E-state index in [4.69, 9.17) is 5.73 Å². The number of fused-ring (bicyclic) bond motifs is 1. The maximum Gasteiger partial charge on any atom is 0.249 e. The molecular formula is C19H17N2O2+. The van der Waals surface area contributed by atoms with Crippen molar-refractivity contribution in [3.05, 3.63) is 71.4 Å². The molecule has 0 saturated heterocycles. The summed E-state index contributed by atoms with van der Waals surface area (Å²) in [5, 5.41) is 10.2. The van der Waals surface area contributed by atoms with Crippen molar-refractivity contribution >= 4 is 29.0 Å². The number of primary amides is 1. The molecule has 0 aliphatic carbocycles. The topological polar surface area (TPSA) is 67.2 Å². The van der Waals surface area contributed by atoms with E-state index in [2.05, 4.69) is 0 Å². The summed E-state index contributed by atoms with van der Waals surface area (Å²) in [6.07, 6.45) is 3.85. The molecule has 4 nitrogen and oxygen atoms in total. The van der Waals surface area contributed by atoms with Crippen molar-refractivity contribution in [3.63, 3.8) is 0 Å². The first-order valence-electron chi connectivity index (χ1n) is 7.25. The van der Waals surface area contributed by atoms with Gasteiger partial charge in [-0.05, 0) is 29.8 Å². The van der Waals surface area contributed by atoms with Gasteiger partial charge >= 0.3 is 0 Å². The molecule has 3 rings (SSSR count). The summed E-state index contributed by atoms with van der Waals surface area (Å²) in [5.41, 5.74) is 8.79. The maximum absolute atomic E-state index is 11.8. The van der Waals surface area contributed by atoms with Crippen LogP contribution in [0.3, 0.4) is 0 Å². The number of hydrogen-bond acceptors (Lipinski definition) is 2. The fourth-order valence-corrected chi connectivity index (χ4v) is 2.59. The van der Waals surface area contributed by atoms with E-state index in [9.17, 15) is 9.90 Å². The molecule has 23 heavy (non-hydrogen) atoms. The van der Waals surface area contributed by atoms with Gasteiger partial charge < -0.3 is 10.8 Å². The standard InChI is InChI=1S/C19H16N2O2/c1-21-14(9-6-13-7-10-15(22)11-8-13)12-17(19(20)23)16-4-2-3-5-18(16)21/h2-12H,1H3,(H2,20,23)/p+1. The van der Waals surface area contributed by atoms with E-state index in [0.717, 1.165) is 22.2 Å². The second kappa shape index (κ2) is 5.93. The van der Waals surface area contributed by atoms with Gasteiger partial charge in [0, 0.05) is 18.2 Å². The van der Waals surface area contributed by atoms with E-state index in [1.165, 1.54) is 0 Å². The fourth-order valence-electron chi connectivity index (χ4n) is 2.59. The highest BCUT2D eigenvalue weighted by Gasteiger charge is 2.17. The fraction of sp³-hybridized carbons (Fsp3) is 0.0526. The number of carbonyl (C=O) groups excluding carboxylic acids is 1. The Kier molecular flexibility index (Phi) is 3.81. The highest BCUT2D eigenvalue weighted by molar-refractivity contribution is 6.05. The number of phenols is 1. The lowest BCUT2D eigenvalue weighted by Crippen LogP contribution is -2.34. The second-order valence-electron chi connectivity index (χ2n) is 5.35. The maximum atomic E-state index is 11.8. The van der Waals surface area contributed by atoms with Crippen molar-refractivity contribution in [3.8, 4) is 5.75 Å². The van der Waals surface area contributed by atoms with Crippen molar-refractivity contribution in [1.82, 2.24) is 0 Å². The Hall–Kier alpha value is -3.14. The van der Waals surface area contributed by atoms with Gasteiger partial charge in [0.05, 0.1) is 10.9 Å². The molecule has 4 heteroatoms. The van der Waals surface area contributed by atoms with Crippen LogP contribution in [0.4, 0.5) is 0 Å². The van der Waals surface area contributed by atoms with Gasteiger partial charge in [0.2, 0.25) is 17.1 Å². The van der Waals surface area contributed by atoms with Gasteiger partial charge in [-0.3, -0.25) is 4.79 Å². The van der Waals surface area contributed by atoms with Crippen LogP contribution in [0.1, 0.15) is 21.6 Å². The summed E-state index contributed by atoms with van der Waals surface area (Å²) < 4.78 is 2.01. The number of nitrogens with zero attached hydrogens (tertiary/aromatic N) is 1. The molecule has 0 radical (unpaired) electrons. The summed E-state index contributed by atoms with van der Waals surface area (Å²) in [6.45, 7) is 0. The smallest absolute Gasteiger partial charge is 0.249 e. The van der Waals surface area contributed by atoms with Crippen molar-refractivity contribution in [1.29, 1.82) is 0 Å². The number of phenolic OH excluding ortho intramolecular Hbond substituents is 1. The van der Waals surface area contributed by atoms with Crippen LogP contribution >= 0.6 is 0 Å². The minimum Gasteiger partial charge on any atom is -0.508 e. The quantitative estimate of drug-likeness (QED) is 0.731. The SMILES string of the molecule is C[n+]1c(/C=C\c2ccc(O)cc2)cc(C(N)=O)c2ccccc21. The first-order valence-corrected chi connectivity index (χ1v) is 7.25. The third-order valence-electron chi connectivity index (χ3n) is 3.84. The zero-order valence-electron chi connectivity index (χ0n) is 12.7. The van der Waals surface area contributed by atoms with Gasteiger partial charge in [-0.25, -0.2) is 0 Å². The third-order valence-corrected chi connectivity index (χ3v) is 3.84. The summed E-state index contributed by atoms with van der Waals surface area (Å²) in [6, 6.07) is 16.4. The molecular weight excluding hydrogens is 288 g/mol. The molecule has 0 aliphatic heterocycles. The Morgan fingerprint density at radius 1 is 1.09 bits per heavy atom. The molecule has 0 atom stereocenters. The van der Waals surface area contributed by atoms with Crippen LogP contribution in [0.15, 0.2) is 54.6 Å². The Morgan fingerprint density at radius 3 is 2.48 bits per heavy atom. The number of benzene rings is 2. The minimum atomic E-state index is -0.443. The number of aryl methyl sites for hydroxylation is 1. The highest BCUT2D eigenvalue weighted by atomic mass is 16.3. The van der Waals surface area contributed by atoms with E-state index >= 15 is 0 Å². The van der Waals surface area contributed by atoms with Gasteiger partial charge in [-0.2, -0.15) is 4.57 Å². The first kappa shape index (κ1) is 14.8. The zero-order valence-corrected chi connectivity index (χ0v) is 12.7. The number of hydrogen-bond donors (Lipinski definition) is 2. The number of aromatic hydroxyl groups is 1. The lowest BCUT2D eigenvalue weighted by atomic mass is 10.1. The van der Waals surface area contributed by atoms with Crippen LogP contribution in [-0.2, 0) is 7.05 Å². The summed E-state index contributed by atoms with van der Waals surface area (Å²) in [7, 11) is 1.95. The van der Waals surface area contributed by atoms with Crippen LogP contribution < -0.4 is 10.3 Å². The molecule has 3 aromatic rings. The largest absolute Gasteiger partial charge is 0.508 e. The molecule has 0 bridgehead atoms. The number of amides is 1. The van der Waals surface area contributed by atoms with Crippen molar-refractivity contribution < 1.29 is 14.5 Å².